The van der Waals surface area contributed by atoms with Crippen molar-refractivity contribution in [2.45, 2.75) is 103 Å². The number of hydrogen-bond acceptors (Lipinski definition) is 8. The van der Waals surface area contributed by atoms with E-state index in [1.165, 1.54) is 42.5 Å². The fourth-order valence-electron chi connectivity index (χ4n) is 7.21. The van der Waals surface area contributed by atoms with Crippen molar-refractivity contribution in [2.75, 3.05) is 25.5 Å². The molecule has 5 amide bonds. The molecule has 0 saturated carbocycles. The summed E-state index contributed by atoms with van der Waals surface area (Å²) in [6, 6.07) is 3.35. The van der Waals surface area contributed by atoms with Crippen molar-refractivity contribution in [1.29, 1.82) is 0 Å². The lowest BCUT2D eigenvalue weighted by Gasteiger charge is -2.36. The lowest BCUT2D eigenvalue weighted by Crippen LogP contribution is -2.61. The van der Waals surface area contributed by atoms with Crippen LogP contribution in [0.2, 0.25) is 0 Å². The SMILES string of the molecule is Cc1ccc(N[C@@H](Cc2cc(F)cc(F)c2)C(=O)N[C@@H]2C(=O)N3CCC[C@H]3C(=O)N(C)[C@@H](C)C(=O)N[C@@H](C)C(=O)N3C[C@@H](C)C[C@H]3C(=O)O[C@H]2C)cc1. The number of halogens is 2. The quantitative estimate of drug-likeness (QED) is 0.382. The van der Waals surface area contributed by atoms with Crippen molar-refractivity contribution in [1.82, 2.24) is 25.3 Å². The fraction of sp³-hybridized carbons (Fsp3) is 0.526. The number of cyclic esters (lactones) is 1. The van der Waals surface area contributed by atoms with Crippen LogP contribution in [0.15, 0.2) is 42.5 Å². The molecule has 3 aliphatic heterocycles. The first-order valence-electron chi connectivity index (χ1n) is 18.0. The van der Waals surface area contributed by atoms with Crippen LogP contribution < -0.4 is 16.0 Å². The summed E-state index contributed by atoms with van der Waals surface area (Å²) in [6.45, 7) is 8.61. The lowest BCUT2D eigenvalue weighted by atomic mass is 10.0. The number of carbonyl (C=O) groups excluding carboxylic acids is 6. The molecule has 286 valence electrons. The first-order chi connectivity index (χ1) is 25.0. The second-order valence-electron chi connectivity index (χ2n) is 14.6. The van der Waals surface area contributed by atoms with Crippen molar-refractivity contribution in [3.8, 4) is 0 Å². The topological polar surface area (TPSA) is 157 Å². The van der Waals surface area contributed by atoms with E-state index in [9.17, 15) is 37.5 Å². The Morgan fingerprint density at radius 1 is 0.925 bits per heavy atom. The molecule has 2 aromatic rings. The van der Waals surface area contributed by atoms with Gasteiger partial charge in [0.2, 0.25) is 29.5 Å². The number of hydrogen-bond donors (Lipinski definition) is 3. The first-order valence-corrected chi connectivity index (χ1v) is 18.0. The molecule has 53 heavy (non-hydrogen) atoms. The second kappa shape index (κ2) is 16.3. The number of ether oxygens (including phenoxy) is 1. The van der Waals surface area contributed by atoms with E-state index in [2.05, 4.69) is 16.0 Å². The minimum atomic E-state index is -1.51. The Morgan fingerprint density at radius 3 is 2.25 bits per heavy atom. The van der Waals surface area contributed by atoms with Crippen molar-refractivity contribution in [2.24, 2.45) is 5.92 Å². The Hall–Kier alpha value is -5.08. The van der Waals surface area contributed by atoms with Crippen LogP contribution in [-0.4, -0.2) is 113 Å². The van der Waals surface area contributed by atoms with Crippen LogP contribution in [0, 0.1) is 24.5 Å². The van der Waals surface area contributed by atoms with Gasteiger partial charge in [-0.2, -0.15) is 0 Å². The summed E-state index contributed by atoms with van der Waals surface area (Å²) >= 11 is 0. The van der Waals surface area contributed by atoms with Crippen LogP contribution in [0.5, 0.6) is 0 Å². The number of rotatable bonds is 6. The van der Waals surface area contributed by atoms with E-state index >= 15 is 0 Å². The minimum absolute atomic E-state index is 0.0803. The van der Waals surface area contributed by atoms with Gasteiger partial charge < -0.3 is 35.4 Å². The molecule has 0 spiro atoms. The van der Waals surface area contributed by atoms with Crippen molar-refractivity contribution in [3.63, 3.8) is 0 Å². The Labute approximate surface area is 307 Å². The average Bonchev–Trinajstić information content (AvgIpc) is 3.76. The predicted octanol–water partition coefficient (Wildman–Crippen LogP) is 2.31. The lowest BCUT2D eigenvalue weighted by molar-refractivity contribution is -0.162. The zero-order valence-corrected chi connectivity index (χ0v) is 30.9. The van der Waals surface area contributed by atoms with Gasteiger partial charge in [0.05, 0.1) is 0 Å². The molecule has 5 rings (SSSR count). The van der Waals surface area contributed by atoms with Gasteiger partial charge in [-0.15, -0.1) is 0 Å². The van der Waals surface area contributed by atoms with E-state index in [1.807, 2.05) is 26.0 Å². The maximum Gasteiger partial charge on any atom is 0.329 e. The summed E-state index contributed by atoms with van der Waals surface area (Å²) in [5.41, 5.74) is 1.65. The van der Waals surface area contributed by atoms with Crippen LogP contribution in [0.1, 0.15) is 58.1 Å². The highest BCUT2D eigenvalue weighted by Gasteiger charge is 2.46. The molecule has 3 saturated heterocycles. The molecular formula is C38H48F2N6O7. The number of likely N-dealkylation sites (N-methyl/N-ethyl adjacent to an activating group) is 1. The number of anilines is 1. The Balaban J connectivity index is 1.51. The number of fused-ring (bicyclic) bond motifs is 2. The second-order valence-corrected chi connectivity index (χ2v) is 14.6. The van der Waals surface area contributed by atoms with Crippen LogP contribution in [0.25, 0.3) is 0 Å². The smallest absolute Gasteiger partial charge is 0.329 e. The summed E-state index contributed by atoms with van der Waals surface area (Å²) < 4.78 is 34.4. The van der Waals surface area contributed by atoms with Crippen LogP contribution in [0.3, 0.4) is 0 Å². The largest absolute Gasteiger partial charge is 0.458 e. The molecule has 8 atom stereocenters. The average molecular weight is 739 g/mol. The molecular weight excluding hydrogens is 690 g/mol. The number of aryl methyl sites for hydroxylation is 1. The summed E-state index contributed by atoms with van der Waals surface area (Å²) in [4.78, 5) is 87.1. The summed E-state index contributed by atoms with van der Waals surface area (Å²) in [5.74, 6) is -5.57. The third-order valence-electron chi connectivity index (χ3n) is 10.3. The molecule has 3 fully saturated rings. The zero-order chi connectivity index (χ0) is 38.7. The maximum absolute atomic E-state index is 14.5. The van der Waals surface area contributed by atoms with Gasteiger partial charge in [-0.05, 0) is 82.7 Å². The maximum atomic E-state index is 14.5. The third kappa shape index (κ3) is 8.94. The monoisotopic (exact) mass is 738 g/mol. The van der Waals surface area contributed by atoms with Gasteiger partial charge in [0.15, 0.2) is 0 Å². The molecule has 3 N–H and O–H groups in total. The number of carbonyl (C=O) groups is 6. The highest BCUT2D eigenvalue weighted by atomic mass is 19.1. The van der Waals surface area contributed by atoms with E-state index in [0.29, 0.717) is 12.1 Å². The van der Waals surface area contributed by atoms with E-state index in [-0.39, 0.29) is 43.8 Å². The molecule has 3 heterocycles. The van der Waals surface area contributed by atoms with Crippen LogP contribution in [-0.2, 0) is 39.9 Å². The van der Waals surface area contributed by atoms with Crippen LogP contribution in [0.4, 0.5) is 14.5 Å². The molecule has 0 radical (unpaired) electrons. The zero-order valence-electron chi connectivity index (χ0n) is 30.9. The molecule has 2 aromatic carbocycles. The van der Waals surface area contributed by atoms with E-state index < -0.39 is 89.5 Å². The molecule has 13 nitrogen and oxygen atoms in total. The Morgan fingerprint density at radius 2 is 1.58 bits per heavy atom. The van der Waals surface area contributed by atoms with Gasteiger partial charge in [-0.25, -0.2) is 13.6 Å². The summed E-state index contributed by atoms with van der Waals surface area (Å²) in [6.07, 6.45) is -0.457. The van der Waals surface area contributed by atoms with Gasteiger partial charge in [0.25, 0.3) is 0 Å². The van der Waals surface area contributed by atoms with E-state index in [0.717, 1.165) is 23.8 Å². The predicted molar refractivity (Wildman–Crippen MR) is 190 cm³/mol. The van der Waals surface area contributed by atoms with Crippen molar-refractivity contribution < 1.29 is 42.3 Å². The normalized spacial score (nSPS) is 27.9. The van der Waals surface area contributed by atoms with Gasteiger partial charge >= 0.3 is 5.97 Å². The number of amides is 5. The summed E-state index contributed by atoms with van der Waals surface area (Å²) in [5, 5.41) is 8.49. The number of nitrogens with one attached hydrogen (secondary N) is 3. The van der Waals surface area contributed by atoms with E-state index in [1.54, 1.807) is 12.1 Å². The van der Waals surface area contributed by atoms with E-state index in [4.69, 9.17) is 4.74 Å². The summed E-state index contributed by atoms with van der Waals surface area (Å²) in [7, 11) is 1.45. The third-order valence-corrected chi connectivity index (χ3v) is 10.3. The van der Waals surface area contributed by atoms with Gasteiger partial charge in [-0.1, -0.05) is 24.6 Å². The minimum Gasteiger partial charge on any atom is -0.458 e. The van der Waals surface area contributed by atoms with Gasteiger partial charge in [0, 0.05) is 38.3 Å². The first kappa shape index (κ1) is 39.1. The van der Waals surface area contributed by atoms with Crippen molar-refractivity contribution in [3.05, 3.63) is 65.2 Å². The van der Waals surface area contributed by atoms with Gasteiger partial charge in [0.1, 0.15) is 54.0 Å². The molecule has 0 aromatic heterocycles. The molecule has 0 bridgehead atoms. The molecule has 0 unspecified atom stereocenters. The number of benzene rings is 2. The number of esters is 1. The highest BCUT2D eigenvalue weighted by molar-refractivity contribution is 5.97. The standard InChI is InChI=1S/C38H48F2N6O7/c1-20-9-11-28(12-10-20)42-29(17-25-15-26(39)18-27(40)16-25)34(48)43-32-24(5)53-38(52)31-14-21(2)19-46(31)35(49)22(3)41-33(47)23(4)44(6)36(50)30-8-7-13-45(30)37(32)51/h9-12,15-16,18,21-24,29-32,42H,7-8,13-14,17,19H2,1-6H3,(H,41,47)(H,43,48)/t21-,22-,23-,24-,29-,30-,31-,32-/m0/s1. The molecule has 3 aliphatic rings. The van der Waals surface area contributed by atoms with Gasteiger partial charge in [-0.3, -0.25) is 24.0 Å². The van der Waals surface area contributed by atoms with Crippen molar-refractivity contribution >= 4 is 41.2 Å². The van der Waals surface area contributed by atoms with Crippen LogP contribution >= 0.6 is 0 Å². The Kier molecular flexibility index (Phi) is 12.0. The molecule has 15 heteroatoms. The fourth-order valence-corrected chi connectivity index (χ4v) is 7.21. The molecule has 0 aliphatic carbocycles. The highest BCUT2D eigenvalue weighted by Crippen LogP contribution is 2.27. The Bertz CT molecular complexity index is 1720. The number of nitrogens with zero attached hydrogens (tertiary/aromatic N) is 3.